The number of nitrogens with zero attached hydrogens (tertiary/aromatic N) is 3. The second kappa shape index (κ2) is 16.9. The van der Waals surface area contributed by atoms with Gasteiger partial charge in [0.15, 0.2) is 4.34 Å². The van der Waals surface area contributed by atoms with Gasteiger partial charge in [0.25, 0.3) is 17.4 Å². The first kappa shape index (κ1) is 39.3. The zero-order chi connectivity index (χ0) is 36.4. The molecule has 6 rings (SSSR count). The first-order valence-corrected chi connectivity index (χ1v) is 17.8. The molecule has 16 nitrogen and oxygen atoms in total. The summed E-state index contributed by atoms with van der Waals surface area (Å²) < 4.78 is 0.317. The largest absolute Gasteiger partial charge is 1.00 e. The number of hydrogen-bond donors (Lipinski definition) is 6. The van der Waals surface area contributed by atoms with Gasteiger partial charge in [-0.25, -0.2) is 5.48 Å². The number of pyridine rings is 1. The minimum absolute atomic E-state index is 0. The molecule has 1 saturated heterocycles. The van der Waals surface area contributed by atoms with E-state index >= 15 is 0 Å². The molecule has 4 aromatic rings. The quantitative estimate of drug-likeness (QED) is 0.0308. The van der Waals surface area contributed by atoms with E-state index in [-0.39, 0.29) is 90.5 Å². The van der Waals surface area contributed by atoms with Crippen molar-refractivity contribution in [2.45, 2.75) is 28.7 Å². The number of aromatic amines is 1. The molecule has 1 fully saturated rings. The fourth-order valence-electron chi connectivity index (χ4n) is 5.31. The Morgan fingerprint density at radius 3 is 2.40 bits per heavy atom. The summed E-state index contributed by atoms with van der Waals surface area (Å²) >= 11 is 3.15. The third-order valence-electron chi connectivity index (χ3n) is 7.89. The van der Waals surface area contributed by atoms with Crippen LogP contribution < -0.4 is 78.2 Å². The van der Waals surface area contributed by atoms with E-state index in [9.17, 15) is 39.0 Å². The summed E-state index contributed by atoms with van der Waals surface area (Å²) in [6.07, 6.45) is 0. The minimum Gasteiger partial charge on any atom is -0.543 e. The van der Waals surface area contributed by atoms with E-state index in [0.29, 0.717) is 15.6 Å². The zero-order valence-electron chi connectivity index (χ0n) is 27.2. The van der Waals surface area contributed by atoms with E-state index in [4.69, 9.17) is 5.21 Å². The van der Waals surface area contributed by atoms with Gasteiger partial charge in [-0.05, 0) is 47.9 Å². The molecule has 262 valence electrons. The monoisotopic (exact) mass is 787 g/mol. The van der Waals surface area contributed by atoms with E-state index < -0.39 is 52.6 Å². The van der Waals surface area contributed by atoms with E-state index in [1.807, 2.05) is 31.2 Å². The van der Waals surface area contributed by atoms with Crippen molar-refractivity contribution in [3.8, 4) is 17.0 Å². The molecule has 2 unspecified atom stereocenters. The van der Waals surface area contributed by atoms with Crippen LogP contribution >= 0.6 is 34.9 Å². The predicted molar refractivity (Wildman–Crippen MR) is 182 cm³/mol. The number of carboxylic acid groups (broad SMARTS) is 1. The number of β-lactam (4-membered cyclic amide) rings is 1. The van der Waals surface area contributed by atoms with Gasteiger partial charge in [-0.2, -0.15) is 0 Å². The Labute approximate surface area is 349 Å². The normalized spacial score (nSPS) is 16.9. The number of carbonyl (C=O) groups is 5. The van der Waals surface area contributed by atoms with Gasteiger partial charge in [-0.1, -0.05) is 65.1 Å². The molecule has 0 saturated carbocycles. The number of hydrogen-bond acceptors (Lipinski definition) is 14. The molecule has 0 bridgehead atoms. The number of aromatic hydroxyl groups is 1. The van der Waals surface area contributed by atoms with E-state index in [2.05, 4.69) is 25.8 Å². The number of fused-ring (bicyclic) bond motifs is 1. The summed E-state index contributed by atoms with van der Waals surface area (Å²) in [7, 11) is 0. The number of aromatic nitrogens is 3. The van der Waals surface area contributed by atoms with Crippen LogP contribution in [0.1, 0.15) is 37.3 Å². The third kappa shape index (κ3) is 8.34. The van der Waals surface area contributed by atoms with Crippen LogP contribution in [0.4, 0.5) is 0 Å². The number of aliphatic carboxylic acids is 1. The Morgan fingerprint density at radius 2 is 1.75 bits per heavy atom. The summed E-state index contributed by atoms with van der Waals surface area (Å²) in [6.45, 7) is 1.93. The van der Waals surface area contributed by atoms with Crippen LogP contribution in [-0.2, 0) is 14.4 Å². The number of nitrogens with one attached hydrogen (secondary N) is 4. The van der Waals surface area contributed by atoms with Gasteiger partial charge in [0.2, 0.25) is 10.9 Å². The van der Waals surface area contributed by atoms with E-state index in [1.54, 1.807) is 6.07 Å². The number of aryl methyl sites for hydroxylation is 1. The summed E-state index contributed by atoms with van der Waals surface area (Å²) in [6, 6.07) is 13.1. The summed E-state index contributed by atoms with van der Waals surface area (Å²) in [5.74, 6) is -4.75. The van der Waals surface area contributed by atoms with Crippen molar-refractivity contribution in [3.05, 3.63) is 104 Å². The van der Waals surface area contributed by atoms with Gasteiger partial charge in [0.05, 0.1) is 11.7 Å². The SMILES string of the molecule is Cc1ccc(-c2ccc(C(=O)NC(C(=O)NC3C(=O)N4C(C(=O)[O-])=C(CSc5nnc(C(=O)NO)s5)CS[C@@H]34)c3ccc(O)cc3)c(=O)[nH]2)cc1.[K+]. The van der Waals surface area contributed by atoms with Crippen LogP contribution in [0.5, 0.6) is 5.75 Å². The summed E-state index contributed by atoms with van der Waals surface area (Å²) in [4.78, 5) is 80.9. The number of carbonyl (C=O) groups excluding carboxylic acids is 5. The van der Waals surface area contributed by atoms with Crippen molar-refractivity contribution in [2.24, 2.45) is 0 Å². The number of phenols is 1. The van der Waals surface area contributed by atoms with Crippen molar-refractivity contribution < 1.29 is 90.8 Å². The van der Waals surface area contributed by atoms with Crippen LogP contribution in [0.2, 0.25) is 0 Å². The third-order valence-corrected chi connectivity index (χ3v) is 11.4. The number of amides is 4. The Morgan fingerprint density at radius 1 is 1.04 bits per heavy atom. The number of H-pyrrole nitrogens is 1. The maximum Gasteiger partial charge on any atom is 1.00 e. The molecular formula is C32H26KN7O9S3. The maximum atomic E-state index is 13.7. The van der Waals surface area contributed by atoms with Crippen LogP contribution in [0.25, 0.3) is 11.3 Å². The van der Waals surface area contributed by atoms with E-state index in [1.165, 1.54) is 47.6 Å². The maximum absolute atomic E-state index is 13.7. The van der Waals surface area contributed by atoms with Gasteiger partial charge < -0.3 is 30.6 Å². The van der Waals surface area contributed by atoms with Crippen LogP contribution in [0, 0.1) is 6.92 Å². The average Bonchev–Trinajstić information content (AvgIpc) is 3.60. The Bertz CT molecular complexity index is 2140. The molecule has 6 N–H and O–H groups in total. The van der Waals surface area contributed by atoms with Crippen LogP contribution in [0.15, 0.2) is 81.1 Å². The van der Waals surface area contributed by atoms with Gasteiger partial charge in [0, 0.05) is 17.2 Å². The first-order valence-electron chi connectivity index (χ1n) is 14.9. The molecule has 0 radical (unpaired) electrons. The van der Waals surface area contributed by atoms with Crippen LogP contribution in [-0.4, -0.2) is 82.9 Å². The zero-order valence-corrected chi connectivity index (χ0v) is 32.8. The number of phenolic OH excluding ortho intramolecular Hbond substituents is 1. The molecular weight excluding hydrogens is 762 g/mol. The molecule has 0 spiro atoms. The number of thioether (sulfide) groups is 2. The van der Waals surface area contributed by atoms with Gasteiger partial charge in [-0.3, -0.25) is 34.1 Å². The molecule has 4 heterocycles. The summed E-state index contributed by atoms with van der Waals surface area (Å²) in [5.41, 5.74) is 2.95. The van der Waals surface area contributed by atoms with Gasteiger partial charge in [-0.15, -0.1) is 22.0 Å². The summed E-state index contributed by atoms with van der Waals surface area (Å²) in [5, 5.41) is 42.5. The second-order valence-electron chi connectivity index (χ2n) is 11.2. The topological polar surface area (TPSA) is 247 Å². The standard InChI is InChI=1S/C32H27N7O9S3.K/c1-14-2-4-15(5-3-14)20-11-10-19(24(41)33-20)25(42)34-21(16-6-8-18(40)9-7-16)26(43)35-22-29(45)39-23(31(46)47)17(12-49-30(22)39)13-50-32-37-36-28(51-32)27(44)38-48;/h2-11,21-22,30,40,48H,12-13H2,1H3,(H,33,41)(H,34,42)(H,35,43)(H,38,44)(H,46,47);/q;+1/p-1/t21?,22?,30-;/m0./s1. The van der Waals surface area contributed by atoms with Crippen LogP contribution in [0.3, 0.4) is 0 Å². The molecule has 2 aliphatic heterocycles. The Balaban J connectivity index is 0.00000523. The fourth-order valence-corrected chi connectivity index (χ4v) is 8.53. The molecule has 52 heavy (non-hydrogen) atoms. The smallest absolute Gasteiger partial charge is 0.543 e. The second-order valence-corrected chi connectivity index (χ2v) is 14.5. The molecule has 2 aliphatic rings. The number of rotatable bonds is 11. The molecule has 2 aromatic heterocycles. The van der Waals surface area contributed by atoms with Crippen molar-refractivity contribution in [1.82, 2.24) is 36.2 Å². The minimum atomic E-state index is -1.60. The van der Waals surface area contributed by atoms with Gasteiger partial charge in [0.1, 0.15) is 28.8 Å². The number of benzene rings is 2. The average molecular weight is 788 g/mol. The van der Waals surface area contributed by atoms with Gasteiger partial charge >= 0.3 is 57.3 Å². The van der Waals surface area contributed by atoms with Crippen molar-refractivity contribution in [2.75, 3.05) is 11.5 Å². The first-order chi connectivity index (χ1) is 24.4. The molecule has 0 aliphatic carbocycles. The number of carboxylic acids is 1. The molecule has 4 amide bonds. The fraction of sp³-hybridized carbons (Fsp3) is 0.188. The Hall–Kier alpha value is -3.86. The van der Waals surface area contributed by atoms with E-state index in [0.717, 1.165) is 39.1 Å². The Kier molecular flexibility index (Phi) is 12.8. The predicted octanol–water partition coefficient (Wildman–Crippen LogP) is -2.30. The molecule has 2 aromatic carbocycles. The van der Waals surface area contributed by atoms with Crippen molar-refractivity contribution in [3.63, 3.8) is 0 Å². The molecule has 3 atom stereocenters. The van der Waals surface area contributed by atoms with Crippen molar-refractivity contribution in [1.29, 1.82) is 0 Å². The molecule has 20 heteroatoms. The number of hydroxylamine groups is 1. The van der Waals surface area contributed by atoms with Crippen molar-refractivity contribution >= 4 is 64.5 Å².